The fraction of sp³-hybridized carbons (Fsp3) is 0.0500. The molecular formula is C20H13BrClFN2OS. The van der Waals surface area contributed by atoms with Crippen LogP contribution in [0.3, 0.4) is 0 Å². The van der Waals surface area contributed by atoms with Crippen molar-refractivity contribution in [3.05, 3.63) is 86.5 Å². The SMILES string of the molecule is O=C(Nc1ccc(Br)cc1F)c1cc2sccc2n1Cc1ccc(Cl)cc1. The molecule has 0 aliphatic rings. The number of aromatic nitrogens is 1. The number of amides is 1. The van der Waals surface area contributed by atoms with Crippen LogP contribution in [0.4, 0.5) is 10.1 Å². The van der Waals surface area contributed by atoms with E-state index in [2.05, 4.69) is 21.2 Å². The van der Waals surface area contributed by atoms with Crippen molar-refractivity contribution in [3.63, 3.8) is 0 Å². The monoisotopic (exact) mass is 462 g/mol. The Kier molecular flexibility index (Phi) is 5.04. The van der Waals surface area contributed by atoms with Crippen LogP contribution in [-0.2, 0) is 6.54 Å². The Bertz CT molecular complexity index is 1140. The molecular weight excluding hydrogens is 451 g/mol. The third kappa shape index (κ3) is 3.78. The molecule has 27 heavy (non-hydrogen) atoms. The van der Waals surface area contributed by atoms with E-state index in [0.717, 1.165) is 15.8 Å². The molecule has 0 bridgehead atoms. The minimum atomic E-state index is -0.490. The first-order valence-corrected chi connectivity index (χ1v) is 10.1. The van der Waals surface area contributed by atoms with Gasteiger partial charge in [-0.2, -0.15) is 0 Å². The molecule has 4 aromatic rings. The molecule has 2 heterocycles. The van der Waals surface area contributed by atoms with Crippen molar-refractivity contribution in [1.29, 1.82) is 0 Å². The normalized spacial score (nSPS) is 11.1. The van der Waals surface area contributed by atoms with Gasteiger partial charge in [0, 0.05) is 16.0 Å². The van der Waals surface area contributed by atoms with Crippen molar-refractivity contribution in [2.24, 2.45) is 0 Å². The molecule has 7 heteroatoms. The van der Waals surface area contributed by atoms with Crippen LogP contribution in [0.1, 0.15) is 16.1 Å². The van der Waals surface area contributed by atoms with E-state index in [9.17, 15) is 9.18 Å². The molecule has 0 atom stereocenters. The molecule has 1 N–H and O–H groups in total. The van der Waals surface area contributed by atoms with Gasteiger partial charge in [0.2, 0.25) is 0 Å². The average molecular weight is 464 g/mol. The lowest BCUT2D eigenvalue weighted by atomic mass is 10.2. The Labute approximate surface area is 172 Å². The summed E-state index contributed by atoms with van der Waals surface area (Å²) in [6.07, 6.45) is 0. The summed E-state index contributed by atoms with van der Waals surface area (Å²) < 4.78 is 17.6. The van der Waals surface area contributed by atoms with Crippen molar-refractivity contribution >= 4 is 60.7 Å². The van der Waals surface area contributed by atoms with E-state index in [1.165, 1.54) is 12.1 Å². The van der Waals surface area contributed by atoms with Gasteiger partial charge in [-0.1, -0.05) is 39.7 Å². The molecule has 0 saturated heterocycles. The Morgan fingerprint density at radius 2 is 1.93 bits per heavy atom. The highest BCUT2D eigenvalue weighted by Gasteiger charge is 2.18. The van der Waals surface area contributed by atoms with Crippen LogP contribution in [0.5, 0.6) is 0 Å². The lowest BCUT2D eigenvalue weighted by molar-refractivity contribution is 0.101. The van der Waals surface area contributed by atoms with E-state index < -0.39 is 5.82 Å². The molecule has 0 aliphatic carbocycles. The summed E-state index contributed by atoms with van der Waals surface area (Å²) in [7, 11) is 0. The molecule has 0 spiro atoms. The number of nitrogens with one attached hydrogen (secondary N) is 1. The summed E-state index contributed by atoms with van der Waals surface area (Å²) in [4.78, 5) is 12.9. The molecule has 0 radical (unpaired) electrons. The topological polar surface area (TPSA) is 34.0 Å². The summed E-state index contributed by atoms with van der Waals surface area (Å²) in [5, 5.41) is 5.32. The zero-order valence-electron chi connectivity index (χ0n) is 13.9. The number of carbonyl (C=O) groups is 1. The van der Waals surface area contributed by atoms with E-state index in [1.54, 1.807) is 17.4 Å². The van der Waals surface area contributed by atoms with E-state index in [4.69, 9.17) is 11.6 Å². The summed E-state index contributed by atoms with van der Waals surface area (Å²) in [6, 6.07) is 15.9. The molecule has 1 amide bonds. The van der Waals surface area contributed by atoms with Crippen LogP contribution in [0.25, 0.3) is 10.2 Å². The quantitative estimate of drug-likeness (QED) is 0.365. The van der Waals surface area contributed by atoms with Gasteiger partial charge in [-0.05, 0) is 53.4 Å². The van der Waals surface area contributed by atoms with Gasteiger partial charge in [0.15, 0.2) is 0 Å². The molecule has 136 valence electrons. The van der Waals surface area contributed by atoms with E-state index in [0.29, 0.717) is 21.7 Å². The third-order valence-corrected chi connectivity index (χ3v) is 5.79. The highest BCUT2D eigenvalue weighted by molar-refractivity contribution is 9.10. The van der Waals surface area contributed by atoms with E-state index in [-0.39, 0.29) is 11.6 Å². The lowest BCUT2D eigenvalue weighted by Crippen LogP contribution is -2.18. The Morgan fingerprint density at radius 1 is 1.15 bits per heavy atom. The van der Waals surface area contributed by atoms with Crippen molar-refractivity contribution in [2.45, 2.75) is 6.54 Å². The van der Waals surface area contributed by atoms with Gasteiger partial charge in [0.05, 0.1) is 15.9 Å². The predicted molar refractivity (Wildman–Crippen MR) is 112 cm³/mol. The highest BCUT2D eigenvalue weighted by atomic mass is 79.9. The largest absolute Gasteiger partial charge is 0.331 e. The summed E-state index contributed by atoms with van der Waals surface area (Å²) in [5.41, 5.74) is 2.61. The maximum Gasteiger partial charge on any atom is 0.272 e. The van der Waals surface area contributed by atoms with Crippen molar-refractivity contribution in [3.8, 4) is 0 Å². The fourth-order valence-corrected chi connectivity index (χ4v) is 4.17. The number of hydrogen-bond donors (Lipinski definition) is 1. The fourth-order valence-electron chi connectivity index (χ4n) is 2.89. The van der Waals surface area contributed by atoms with Crippen molar-refractivity contribution in [1.82, 2.24) is 4.57 Å². The Balaban J connectivity index is 1.69. The summed E-state index contributed by atoms with van der Waals surface area (Å²) in [6.45, 7) is 0.517. The molecule has 0 fully saturated rings. The van der Waals surface area contributed by atoms with E-state index in [1.807, 2.05) is 46.3 Å². The zero-order valence-corrected chi connectivity index (χ0v) is 17.0. The molecule has 2 aromatic heterocycles. The van der Waals surface area contributed by atoms with Crippen LogP contribution >= 0.6 is 38.9 Å². The van der Waals surface area contributed by atoms with Crippen LogP contribution < -0.4 is 5.32 Å². The summed E-state index contributed by atoms with van der Waals surface area (Å²) in [5.74, 6) is -0.844. The maximum atomic E-state index is 14.1. The lowest BCUT2D eigenvalue weighted by Gasteiger charge is -2.12. The number of hydrogen-bond acceptors (Lipinski definition) is 2. The van der Waals surface area contributed by atoms with Crippen LogP contribution in [0.2, 0.25) is 5.02 Å². The average Bonchev–Trinajstić information content (AvgIpc) is 3.22. The number of rotatable bonds is 4. The Hall–Kier alpha value is -2.15. The number of nitrogens with zero attached hydrogens (tertiary/aromatic N) is 1. The van der Waals surface area contributed by atoms with E-state index >= 15 is 0 Å². The highest BCUT2D eigenvalue weighted by Crippen LogP contribution is 2.28. The second kappa shape index (κ2) is 7.46. The van der Waals surface area contributed by atoms with Gasteiger partial charge in [0.25, 0.3) is 5.91 Å². The standard InChI is InChI=1S/C20H13BrClFN2OS/c21-13-3-6-16(15(23)9-13)24-20(26)18-10-19-17(7-8-27-19)25(18)11-12-1-4-14(22)5-2-12/h1-10H,11H2,(H,24,26). The van der Waals surface area contributed by atoms with Crippen LogP contribution in [0, 0.1) is 5.82 Å². The van der Waals surface area contributed by atoms with Gasteiger partial charge in [0.1, 0.15) is 11.5 Å². The van der Waals surface area contributed by atoms with Gasteiger partial charge in [-0.25, -0.2) is 4.39 Å². The number of carbonyl (C=O) groups excluding carboxylic acids is 1. The summed E-state index contributed by atoms with van der Waals surface area (Å²) >= 11 is 10.7. The predicted octanol–water partition coefficient (Wildman–Crippen LogP) is 6.56. The van der Waals surface area contributed by atoms with Gasteiger partial charge < -0.3 is 9.88 Å². The minimum Gasteiger partial charge on any atom is -0.331 e. The Morgan fingerprint density at radius 3 is 2.67 bits per heavy atom. The number of thiophene rings is 1. The minimum absolute atomic E-state index is 0.144. The maximum absolute atomic E-state index is 14.1. The number of halogens is 3. The molecule has 2 aromatic carbocycles. The van der Waals surface area contributed by atoms with Crippen molar-refractivity contribution in [2.75, 3.05) is 5.32 Å². The molecule has 3 nitrogen and oxygen atoms in total. The second-order valence-electron chi connectivity index (χ2n) is 5.99. The van der Waals surface area contributed by atoms with Gasteiger partial charge >= 0.3 is 0 Å². The second-order valence-corrected chi connectivity index (χ2v) is 8.29. The molecule has 0 unspecified atom stereocenters. The van der Waals surface area contributed by atoms with Crippen LogP contribution in [-0.4, -0.2) is 10.5 Å². The smallest absolute Gasteiger partial charge is 0.272 e. The van der Waals surface area contributed by atoms with Gasteiger partial charge in [-0.3, -0.25) is 4.79 Å². The number of fused-ring (bicyclic) bond motifs is 1. The third-order valence-electron chi connectivity index (χ3n) is 4.19. The molecule has 0 saturated carbocycles. The van der Waals surface area contributed by atoms with Crippen molar-refractivity contribution < 1.29 is 9.18 Å². The zero-order chi connectivity index (χ0) is 19.0. The number of anilines is 1. The first-order valence-electron chi connectivity index (χ1n) is 8.09. The molecule has 4 rings (SSSR count). The first-order chi connectivity index (χ1) is 13.0. The first kappa shape index (κ1) is 18.2. The van der Waals surface area contributed by atoms with Crippen LogP contribution in [0.15, 0.2) is 64.5 Å². The molecule has 0 aliphatic heterocycles. The van der Waals surface area contributed by atoms with Gasteiger partial charge in [-0.15, -0.1) is 11.3 Å². The number of benzene rings is 2.